The van der Waals surface area contributed by atoms with E-state index in [2.05, 4.69) is 9.72 Å². The molecule has 0 bridgehead atoms. The molecule has 0 unspecified atom stereocenters. The van der Waals surface area contributed by atoms with Crippen molar-refractivity contribution in [1.82, 2.24) is 4.98 Å². The number of nitrogens with zero attached hydrogens (tertiary/aromatic N) is 1. The van der Waals surface area contributed by atoms with Gasteiger partial charge in [0.2, 0.25) is 0 Å². The molecule has 1 aromatic rings. The normalized spacial score (nSPS) is 12.0. The predicted octanol–water partition coefficient (Wildman–Crippen LogP) is 3.70. The van der Waals surface area contributed by atoms with Crippen molar-refractivity contribution in [2.45, 2.75) is 12.6 Å². The van der Waals surface area contributed by atoms with Crippen molar-refractivity contribution in [3.63, 3.8) is 0 Å². The fourth-order valence-electron chi connectivity index (χ4n) is 0.999. The molecule has 0 N–H and O–H groups in total. The second kappa shape index (κ2) is 4.40. The highest BCUT2D eigenvalue weighted by Gasteiger charge is 2.37. The second-order valence-corrected chi connectivity index (χ2v) is 3.08. The molecule has 1 heterocycles. The average molecular weight is 262 g/mol. The van der Waals surface area contributed by atoms with Gasteiger partial charge in [0.15, 0.2) is 5.69 Å². The summed E-state index contributed by atoms with van der Waals surface area (Å²) < 4.78 is 66.0. The maximum absolute atomic E-state index is 12.4. The Morgan fingerprint density at radius 3 is 2.31 bits per heavy atom. The minimum atomic E-state index is -4.81. The lowest BCUT2D eigenvalue weighted by molar-refractivity contribution is -0.142. The number of ether oxygens (including phenoxy) is 1. The van der Waals surface area contributed by atoms with Gasteiger partial charge in [-0.3, -0.25) is 0 Å². The zero-order valence-electron chi connectivity index (χ0n) is 7.78. The number of alkyl halides is 5. The van der Waals surface area contributed by atoms with Gasteiger partial charge >= 0.3 is 6.18 Å². The van der Waals surface area contributed by atoms with Gasteiger partial charge in [-0.05, 0) is 6.07 Å². The Labute approximate surface area is 92.0 Å². The number of aromatic nitrogens is 1. The van der Waals surface area contributed by atoms with Crippen molar-refractivity contribution >= 4 is 11.6 Å². The summed E-state index contributed by atoms with van der Waals surface area (Å²) >= 11 is 5.21. The van der Waals surface area contributed by atoms with Crippen LogP contribution in [0.25, 0.3) is 0 Å². The van der Waals surface area contributed by atoms with Gasteiger partial charge in [0.1, 0.15) is 10.9 Å². The van der Waals surface area contributed by atoms with Crippen molar-refractivity contribution in [3.8, 4) is 5.75 Å². The molecule has 0 aliphatic carbocycles. The van der Waals surface area contributed by atoms with Crippen LogP contribution in [-0.2, 0) is 6.18 Å². The predicted molar refractivity (Wildman–Crippen MR) is 45.8 cm³/mol. The van der Waals surface area contributed by atoms with Crippen LogP contribution in [0, 0.1) is 0 Å². The molecule has 1 aromatic heterocycles. The topological polar surface area (TPSA) is 22.1 Å². The van der Waals surface area contributed by atoms with Crippen LogP contribution in [0.3, 0.4) is 0 Å². The number of methoxy groups -OCH3 is 1. The number of hydrogen-bond acceptors (Lipinski definition) is 2. The molecule has 0 aliphatic rings. The standard InChI is InChI=1S/C8H5ClF5NO/c1-16-4-2-3(7(10)11)6(9)15-5(4)8(12,13)14/h2,7H,1H3. The minimum Gasteiger partial charge on any atom is -0.494 e. The fraction of sp³-hybridized carbons (Fsp3) is 0.375. The third-order valence-electron chi connectivity index (χ3n) is 1.69. The number of hydrogen-bond donors (Lipinski definition) is 0. The zero-order chi connectivity index (χ0) is 12.5. The molecule has 0 radical (unpaired) electrons. The molecular weight excluding hydrogens is 257 g/mol. The lowest BCUT2D eigenvalue weighted by atomic mass is 10.2. The van der Waals surface area contributed by atoms with E-state index in [1.165, 1.54) is 0 Å². The maximum Gasteiger partial charge on any atom is 0.437 e. The molecule has 0 amide bonds. The van der Waals surface area contributed by atoms with E-state index in [1.807, 2.05) is 0 Å². The Balaban J connectivity index is 3.38. The SMILES string of the molecule is COc1cc(C(F)F)c(Cl)nc1C(F)(F)F. The van der Waals surface area contributed by atoms with Crippen LogP contribution < -0.4 is 4.74 Å². The summed E-state index contributed by atoms with van der Waals surface area (Å²) in [4.78, 5) is 2.87. The second-order valence-electron chi connectivity index (χ2n) is 2.72. The van der Waals surface area contributed by atoms with Crippen LogP contribution in [0.5, 0.6) is 5.75 Å². The Bertz CT molecular complexity index is 393. The molecule has 0 fully saturated rings. The Morgan fingerprint density at radius 2 is 1.94 bits per heavy atom. The van der Waals surface area contributed by atoms with Crippen molar-refractivity contribution in [3.05, 3.63) is 22.5 Å². The van der Waals surface area contributed by atoms with Gasteiger partial charge in [0.25, 0.3) is 6.43 Å². The Morgan fingerprint density at radius 1 is 1.38 bits per heavy atom. The van der Waals surface area contributed by atoms with Gasteiger partial charge in [-0.15, -0.1) is 0 Å². The summed E-state index contributed by atoms with van der Waals surface area (Å²) in [5.74, 6) is -0.785. The molecule has 90 valence electrons. The molecule has 0 aliphatic heterocycles. The molecule has 1 rings (SSSR count). The first-order valence-electron chi connectivity index (χ1n) is 3.87. The molecule has 0 saturated heterocycles. The smallest absolute Gasteiger partial charge is 0.437 e. The minimum absolute atomic E-state index is 0.531. The van der Waals surface area contributed by atoms with Gasteiger partial charge in [0, 0.05) is 0 Å². The van der Waals surface area contributed by atoms with E-state index in [1.54, 1.807) is 0 Å². The summed E-state index contributed by atoms with van der Waals surface area (Å²) in [6.45, 7) is 0. The van der Waals surface area contributed by atoms with Gasteiger partial charge in [-0.1, -0.05) is 11.6 Å². The number of halogens is 6. The van der Waals surface area contributed by atoms with Gasteiger partial charge in [-0.25, -0.2) is 13.8 Å². The first kappa shape index (κ1) is 13.0. The van der Waals surface area contributed by atoms with E-state index in [-0.39, 0.29) is 0 Å². The third kappa shape index (κ3) is 2.52. The van der Waals surface area contributed by atoms with Crippen molar-refractivity contribution < 1.29 is 26.7 Å². The highest BCUT2D eigenvalue weighted by atomic mass is 35.5. The molecule has 16 heavy (non-hydrogen) atoms. The number of rotatable bonds is 2. The first-order valence-corrected chi connectivity index (χ1v) is 4.25. The van der Waals surface area contributed by atoms with E-state index in [0.717, 1.165) is 7.11 Å². The largest absolute Gasteiger partial charge is 0.494 e. The summed E-state index contributed by atoms with van der Waals surface area (Å²) in [6.07, 6.45) is -7.83. The van der Waals surface area contributed by atoms with Gasteiger partial charge in [0.05, 0.1) is 12.7 Å². The van der Waals surface area contributed by atoms with Crippen molar-refractivity contribution in [2.75, 3.05) is 7.11 Å². The molecule has 0 aromatic carbocycles. The fourth-order valence-corrected chi connectivity index (χ4v) is 1.22. The molecule has 0 saturated carbocycles. The monoisotopic (exact) mass is 261 g/mol. The summed E-state index contributed by atoms with van der Waals surface area (Å²) in [5.41, 5.74) is -2.23. The number of pyridine rings is 1. The van der Waals surface area contributed by atoms with Crippen LogP contribution in [0.1, 0.15) is 17.7 Å². The third-order valence-corrected chi connectivity index (χ3v) is 1.99. The van der Waals surface area contributed by atoms with Crippen molar-refractivity contribution in [2.24, 2.45) is 0 Å². The Hall–Kier alpha value is -1.11. The van der Waals surface area contributed by atoms with Crippen LogP contribution in [0.2, 0.25) is 5.15 Å². The summed E-state index contributed by atoms with van der Waals surface area (Å²) in [7, 11) is 0.926. The van der Waals surface area contributed by atoms with Gasteiger partial charge in [-0.2, -0.15) is 13.2 Å². The molecule has 0 atom stereocenters. The van der Waals surface area contributed by atoms with Crippen LogP contribution in [0.4, 0.5) is 22.0 Å². The molecular formula is C8H5ClF5NO. The molecule has 0 spiro atoms. The van der Waals surface area contributed by atoms with Crippen LogP contribution in [0.15, 0.2) is 6.07 Å². The van der Waals surface area contributed by atoms with E-state index >= 15 is 0 Å². The van der Waals surface area contributed by atoms with Crippen LogP contribution >= 0.6 is 11.6 Å². The van der Waals surface area contributed by atoms with Crippen molar-refractivity contribution in [1.29, 1.82) is 0 Å². The molecule has 2 nitrogen and oxygen atoms in total. The van der Waals surface area contributed by atoms with Crippen LogP contribution in [-0.4, -0.2) is 12.1 Å². The lowest BCUT2D eigenvalue weighted by Gasteiger charge is -2.13. The highest BCUT2D eigenvalue weighted by Crippen LogP contribution is 2.38. The lowest BCUT2D eigenvalue weighted by Crippen LogP contribution is -2.11. The first-order chi connectivity index (χ1) is 7.27. The van der Waals surface area contributed by atoms with E-state index in [0.29, 0.717) is 6.07 Å². The maximum atomic E-state index is 12.4. The zero-order valence-corrected chi connectivity index (χ0v) is 8.53. The van der Waals surface area contributed by atoms with E-state index in [4.69, 9.17) is 11.6 Å². The van der Waals surface area contributed by atoms with E-state index in [9.17, 15) is 22.0 Å². The highest BCUT2D eigenvalue weighted by molar-refractivity contribution is 6.30. The summed E-state index contributed by atoms with van der Waals surface area (Å²) in [5, 5.41) is -0.886. The van der Waals surface area contributed by atoms with Gasteiger partial charge < -0.3 is 4.74 Å². The average Bonchev–Trinajstić information content (AvgIpc) is 2.15. The van der Waals surface area contributed by atoms with E-state index < -0.39 is 34.8 Å². The quantitative estimate of drug-likeness (QED) is 0.598. The summed E-state index contributed by atoms with van der Waals surface area (Å²) in [6, 6.07) is 0.531. The Kier molecular flexibility index (Phi) is 3.57. The molecule has 8 heteroatoms.